The molecule has 360 valence electrons. The number of methoxy groups -OCH3 is 2. The molecule has 0 saturated carbocycles. The summed E-state index contributed by atoms with van der Waals surface area (Å²) in [4.78, 5) is 84.6. The number of hydrogen-bond donors (Lipinski definition) is 7. The second-order valence-corrected chi connectivity index (χ2v) is 14.1. The molecule has 0 saturated heterocycles. The zero-order valence-electron chi connectivity index (χ0n) is 37.0. The molecular formula is C38H71N7O17. The minimum Gasteiger partial charge on any atom is -0.449 e. The summed E-state index contributed by atoms with van der Waals surface area (Å²) >= 11 is 0. The number of alkyl carbamates (subject to hydrolysis) is 1. The Labute approximate surface area is 363 Å². The Bertz CT molecular complexity index is 1240. The maximum Gasteiger partial charge on any atom is 0.407 e. The van der Waals surface area contributed by atoms with E-state index >= 15 is 0 Å². The van der Waals surface area contributed by atoms with Gasteiger partial charge >= 0.3 is 6.09 Å². The van der Waals surface area contributed by atoms with Gasteiger partial charge in [0.2, 0.25) is 35.4 Å². The van der Waals surface area contributed by atoms with E-state index in [9.17, 15) is 33.6 Å². The first kappa shape index (κ1) is 57.7. The molecule has 7 amide bonds. The van der Waals surface area contributed by atoms with Crippen molar-refractivity contribution in [3.8, 4) is 0 Å². The zero-order chi connectivity index (χ0) is 46.1. The number of hydrogen-bond acceptors (Lipinski definition) is 17. The van der Waals surface area contributed by atoms with Gasteiger partial charge in [0, 0.05) is 33.7 Å². The van der Waals surface area contributed by atoms with Crippen LogP contribution in [0.3, 0.4) is 0 Å². The molecule has 0 spiro atoms. The third-order valence-electron chi connectivity index (χ3n) is 7.24. The van der Waals surface area contributed by atoms with Crippen molar-refractivity contribution in [3.63, 3.8) is 0 Å². The van der Waals surface area contributed by atoms with Crippen LogP contribution in [-0.2, 0) is 76.1 Å². The lowest BCUT2D eigenvalue weighted by Gasteiger charge is -2.18. The Morgan fingerprint density at radius 1 is 0.435 bits per heavy atom. The van der Waals surface area contributed by atoms with Gasteiger partial charge in [-0.1, -0.05) is 20.8 Å². The molecule has 24 heteroatoms. The summed E-state index contributed by atoms with van der Waals surface area (Å²) in [5, 5.41) is 16.7. The first-order valence-corrected chi connectivity index (χ1v) is 20.3. The van der Waals surface area contributed by atoms with Crippen LogP contribution in [0.2, 0.25) is 0 Å². The maximum atomic E-state index is 12.6. The molecule has 0 fully saturated rings. The lowest BCUT2D eigenvalue weighted by Crippen LogP contribution is -2.52. The highest BCUT2D eigenvalue weighted by atomic mass is 16.6. The van der Waals surface area contributed by atoms with Crippen LogP contribution in [0.4, 0.5) is 4.79 Å². The molecule has 0 aliphatic heterocycles. The van der Waals surface area contributed by atoms with Gasteiger partial charge in [0.15, 0.2) is 0 Å². The van der Waals surface area contributed by atoms with Crippen molar-refractivity contribution in [2.24, 2.45) is 5.41 Å². The third kappa shape index (κ3) is 39.8. The van der Waals surface area contributed by atoms with Crippen LogP contribution in [0.1, 0.15) is 27.2 Å². The van der Waals surface area contributed by atoms with Gasteiger partial charge in [0.25, 0.3) is 0 Å². The maximum absolute atomic E-state index is 12.6. The van der Waals surface area contributed by atoms with Crippen molar-refractivity contribution in [1.82, 2.24) is 37.2 Å². The largest absolute Gasteiger partial charge is 0.449 e. The lowest BCUT2D eigenvalue weighted by molar-refractivity contribution is -0.131. The molecule has 0 aliphatic rings. The summed E-state index contributed by atoms with van der Waals surface area (Å²) in [6.07, 6.45) is -0.755. The molecule has 0 aliphatic carbocycles. The van der Waals surface area contributed by atoms with Crippen molar-refractivity contribution in [1.29, 1.82) is 0 Å². The summed E-state index contributed by atoms with van der Waals surface area (Å²) in [6.45, 7) is 10.5. The summed E-state index contributed by atoms with van der Waals surface area (Å²) in [6, 6.07) is -1.05. The highest BCUT2D eigenvalue weighted by Gasteiger charge is 2.21. The van der Waals surface area contributed by atoms with Crippen LogP contribution in [0.15, 0.2) is 0 Å². The quantitative estimate of drug-likeness (QED) is 0.0295. The van der Waals surface area contributed by atoms with Crippen LogP contribution in [0.25, 0.3) is 0 Å². The van der Waals surface area contributed by atoms with Gasteiger partial charge in [0.05, 0.1) is 138 Å². The van der Waals surface area contributed by atoms with E-state index in [0.29, 0.717) is 85.9 Å². The highest BCUT2D eigenvalue weighted by Crippen LogP contribution is 2.12. The van der Waals surface area contributed by atoms with Gasteiger partial charge in [-0.2, -0.15) is 0 Å². The van der Waals surface area contributed by atoms with E-state index in [2.05, 4.69) is 37.2 Å². The zero-order valence-corrected chi connectivity index (χ0v) is 37.0. The Morgan fingerprint density at radius 2 is 0.823 bits per heavy atom. The lowest BCUT2D eigenvalue weighted by atomic mass is 9.99. The number of amides is 7. The summed E-state index contributed by atoms with van der Waals surface area (Å²) in [7, 11) is 2.98. The molecule has 0 rings (SSSR count). The topological polar surface area (TPSA) is 296 Å². The second kappa shape index (κ2) is 39.6. The minimum atomic E-state index is -1.05. The summed E-state index contributed by atoms with van der Waals surface area (Å²) in [5.41, 5.74) is -0.204. The summed E-state index contributed by atoms with van der Waals surface area (Å²) in [5.74, 6) is -3.79. The molecule has 24 nitrogen and oxygen atoms in total. The Balaban J connectivity index is 3.86. The molecule has 0 heterocycles. The van der Waals surface area contributed by atoms with Gasteiger partial charge in [-0.05, 0) is 5.41 Å². The average molecular weight is 898 g/mol. The SMILES string of the molecule is COCCOCCOCCOCCOCCOCCOCCOCCNC(=O)C(COC)NC(=O)CNC(=O)CNC(=O)CNC(=O)CNC(=O)CCNC(=O)OCC(C)(C)C. The number of ether oxygens (including phenoxy) is 10. The van der Waals surface area contributed by atoms with Gasteiger partial charge < -0.3 is 84.6 Å². The molecule has 7 N–H and O–H groups in total. The molecule has 0 aromatic rings. The van der Waals surface area contributed by atoms with E-state index in [1.807, 2.05) is 20.8 Å². The fraction of sp³-hybridized carbons (Fsp3) is 0.816. The number of rotatable bonds is 40. The predicted molar refractivity (Wildman–Crippen MR) is 220 cm³/mol. The molecule has 1 unspecified atom stereocenters. The number of nitrogens with one attached hydrogen (secondary N) is 7. The minimum absolute atomic E-state index is 0.00173. The van der Waals surface area contributed by atoms with Crippen molar-refractivity contribution in [2.45, 2.75) is 33.2 Å². The standard InChI is InChI=1S/C38H71N7O17/c1-38(2,3)29-62-37(52)40-7-6-31(46)41-24-32(47)42-25-33(48)43-26-34(49)44-27-35(50)45-30(28-54-5)36(51)39-8-9-55-12-13-57-16-17-59-20-21-61-23-22-60-19-18-58-15-14-56-11-10-53-4/h30H,6-29H2,1-5H3,(H,39,51)(H,40,52)(H,41,46)(H,42,47)(H,43,48)(H,44,49)(H,45,50). The van der Waals surface area contributed by atoms with Crippen LogP contribution in [0.5, 0.6) is 0 Å². The van der Waals surface area contributed by atoms with Crippen LogP contribution >= 0.6 is 0 Å². The molecule has 0 bridgehead atoms. The normalized spacial score (nSPS) is 11.6. The average Bonchev–Trinajstić information content (AvgIpc) is 3.23. The highest BCUT2D eigenvalue weighted by molar-refractivity contribution is 5.92. The number of carbonyl (C=O) groups is 7. The van der Waals surface area contributed by atoms with Crippen molar-refractivity contribution < 1.29 is 80.9 Å². The fourth-order valence-corrected chi connectivity index (χ4v) is 4.13. The van der Waals surface area contributed by atoms with E-state index in [1.54, 1.807) is 7.11 Å². The van der Waals surface area contributed by atoms with Crippen LogP contribution in [0, 0.1) is 5.41 Å². The Kier molecular flexibility index (Phi) is 36.8. The monoisotopic (exact) mass is 897 g/mol. The van der Waals surface area contributed by atoms with E-state index < -0.39 is 73.8 Å². The van der Waals surface area contributed by atoms with Gasteiger partial charge in [-0.3, -0.25) is 28.8 Å². The van der Waals surface area contributed by atoms with Crippen molar-refractivity contribution in [3.05, 3.63) is 0 Å². The Morgan fingerprint density at radius 3 is 1.23 bits per heavy atom. The molecule has 0 aromatic carbocycles. The second-order valence-electron chi connectivity index (χ2n) is 14.1. The van der Waals surface area contributed by atoms with Gasteiger partial charge in [-0.15, -0.1) is 0 Å². The van der Waals surface area contributed by atoms with Crippen LogP contribution in [-0.4, -0.2) is 213 Å². The molecular weight excluding hydrogens is 826 g/mol. The van der Waals surface area contributed by atoms with E-state index in [0.717, 1.165) is 0 Å². The predicted octanol–water partition coefficient (Wildman–Crippen LogP) is -3.38. The number of carbonyl (C=O) groups excluding carboxylic acids is 7. The molecule has 1 atom stereocenters. The van der Waals surface area contributed by atoms with E-state index in [1.165, 1.54) is 7.11 Å². The fourth-order valence-electron chi connectivity index (χ4n) is 4.13. The van der Waals surface area contributed by atoms with E-state index in [-0.39, 0.29) is 51.4 Å². The Hall–Kier alpha value is -4.27. The molecule has 0 radical (unpaired) electrons. The van der Waals surface area contributed by atoms with Crippen LogP contribution < -0.4 is 37.2 Å². The van der Waals surface area contributed by atoms with Gasteiger partial charge in [0.1, 0.15) is 6.04 Å². The van der Waals surface area contributed by atoms with E-state index in [4.69, 9.17) is 47.4 Å². The van der Waals surface area contributed by atoms with Crippen molar-refractivity contribution >= 4 is 41.5 Å². The first-order chi connectivity index (χ1) is 29.8. The molecule has 0 aromatic heterocycles. The van der Waals surface area contributed by atoms with Crippen molar-refractivity contribution in [2.75, 3.05) is 166 Å². The third-order valence-corrected chi connectivity index (χ3v) is 7.24. The summed E-state index contributed by atoms with van der Waals surface area (Å²) < 4.78 is 52.8. The molecule has 62 heavy (non-hydrogen) atoms. The smallest absolute Gasteiger partial charge is 0.407 e. The first-order valence-electron chi connectivity index (χ1n) is 20.3. The van der Waals surface area contributed by atoms with Gasteiger partial charge in [-0.25, -0.2) is 4.79 Å².